The minimum atomic E-state index is -0.535. The van der Waals surface area contributed by atoms with Gasteiger partial charge in [-0.1, -0.05) is 0 Å². The molecule has 96 valence electrons. The Balaban J connectivity index is 2.13. The van der Waals surface area contributed by atoms with Gasteiger partial charge in [0.2, 0.25) is 0 Å². The van der Waals surface area contributed by atoms with Gasteiger partial charge in [-0.2, -0.15) is 0 Å². The molecule has 0 spiro atoms. The van der Waals surface area contributed by atoms with Crippen molar-refractivity contribution in [2.75, 3.05) is 13.2 Å². The molecule has 18 heavy (non-hydrogen) atoms. The summed E-state index contributed by atoms with van der Waals surface area (Å²) in [7, 11) is 0. The zero-order chi connectivity index (χ0) is 13.0. The van der Waals surface area contributed by atoms with Gasteiger partial charge in [0.15, 0.2) is 6.29 Å². The van der Waals surface area contributed by atoms with E-state index in [4.69, 9.17) is 4.74 Å². The van der Waals surface area contributed by atoms with Gasteiger partial charge in [0.05, 0.1) is 10.5 Å². The zero-order valence-electron chi connectivity index (χ0n) is 9.70. The topological polar surface area (TPSA) is 69.4 Å². The van der Waals surface area contributed by atoms with Gasteiger partial charge in [-0.3, -0.25) is 14.9 Å². The summed E-state index contributed by atoms with van der Waals surface area (Å²) in [5.74, 6) is 0. The summed E-state index contributed by atoms with van der Waals surface area (Å²) < 4.78 is 5.27. The van der Waals surface area contributed by atoms with Crippen LogP contribution in [-0.2, 0) is 4.74 Å². The third kappa shape index (κ3) is 3.08. The summed E-state index contributed by atoms with van der Waals surface area (Å²) in [6.45, 7) is 1.51. The molecular weight excluding hydrogens is 254 g/mol. The number of hydrogen-bond donors (Lipinski definition) is 0. The predicted molar refractivity (Wildman–Crippen MR) is 68.2 cm³/mol. The second-order valence-electron chi connectivity index (χ2n) is 4.03. The van der Waals surface area contributed by atoms with Crippen LogP contribution < -0.4 is 0 Å². The minimum Gasteiger partial charge on any atom is -0.381 e. The summed E-state index contributed by atoms with van der Waals surface area (Å²) in [6, 6.07) is 4.68. The Bertz CT molecular complexity index is 457. The predicted octanol–water partition coefficient (Wildman–Crippen LogP) is 2.68. The van der Waals surface area contributed by atoms with Crippen molar-refractivity contribution in [1.82, 2.24) is 0 Å². The Kier molecular flexibility index (Phi) is 4.33. The molecule has 1 aliphatic rings. The van der Waals surface area contributed by atoms with E-state index in [0.717, 1.165) is 31.0 Å². The lowest BCUT2D eigenvalue weighted by Crippen LogP contribution is -2.17. The number of carbonyl (C=O) groups excluding carboxylic acids is 1. The van der Waals surface area contributed by atoms with E-state index in [-0.39, 0.29) is 11.3 Å². The van der Waals surface area contributed by atoms with Crippen molar-refractivity contribution in [3.05, 3.63) is 33.9 Å². The molecular formula is C12H13NO4S. The van der Waals surface area contributed by atoms with E-state index in [1.807, 2.05) is 0 Å². The van der Waals surface area contributed by atoms with Crippen LogP contribution in [0.4, 0.5) is 5.69 Å². The standard InChI is InChI=1S/C12H13NO4S/c14-8-9-7-11(1-2-12(9)13(15)16)18-10-3-5-17-6-4-10/h1-2,7-8,10H,3-6H2. The molecule has 0 amide bonds. The van der Waals surface area contributed by atoms with Crippen LogP contribution in [0.5, 0.6) is 0 Å². The minimum absolute atomic E-state index is 0.136. The molecule has 5 nitrogen and oxygen atoms in total. The Morgan fingerprint density at radius 1 is 1.39 bits per heavy atom. The summed E-state index contributed by atoms with van der Waals surface area (Å²) >= 11 is 1.65. The number of rotatable bonds is 4. The van der Waals surface area contributed by atoms with Crippen LogP contribution in [0.1, 0.15) is 23.2 Å². The number of carbonyl (C=O) groups is 1. The van der Waals surface area contributed by atoms with E-state index in [9.17, 15) is 14.9 Å². The van der Waals surface area contributed by atoms with E-state index in [0.29, 0.717) is 11.5 Å². The maximum absolute atomic E-state index is 10.8. The highest BCUT2D eigenvalue weighted by molar-refractivity contribution is 8.00. The van der Waals surface area contributed by atoms with Crippen molar-refractivity contribution in [2.45, 2.75) is 23.0 Å². The summed E-state index contributed by atoms with van der Waals surface area (Å²) in [5.41, 5.74) is -0.00149. The van der Waals surface area contributed by atoms with Gasteiger partial charge >= 0.3 is 0 Å². The van der Waals surface area contributed by atoms with Crippen LogP contribution in [-0.4, -0.2) is 29.7 Å². The number of aldehydes is 1. The number of thioether (sulfide) groups is 1. The smallest absolute Gasteiger partial charge is 0.279 e. The molecule has 1 fully saturated rings. The fraction of sp³-hybridized carbons (Fsp3) is 0.417. The van der Waals surface area contributed by atoms with Crippen molar-refractivity contribution < 1.29 is 14.5 Å². The largest absolute Gasteiger partial charge is 0.381 e. The molecule has 1 aliphatic heterocycles. The molecule has 0 N–H and O–H groups in total. The van der Waals surface area contributed by atoms with Crippen LogP contribution in [0.2, 0.25) is 0 Å². The van der Waals surface area contributed by atoms with E-state index in [2.05, 4.69) is 0 Å². The normalized spacial score (nSPS) is 16.4. The highest BCUT2D eigenvalue weighted by Crippen LogP contribution is 2.32. The number of nitro groups is 1. The van der Waals surface area contributed by atoms with Gasteiger partial charge in [-0.15, -0.1) is 11.8 Å². The average Bonchev–Trinajstić information content (AvgIpc) is 2.39. The third-order valence-electron chi connectivity index (χ3n) is 2.79. The number of nitro benzene ring substituents is 1. The second-order valence-corrected chi connectivity index (χ2v) is 5.40. The maximum Gasteiger partial charge on any atom is 0.279 e. The van der Waals surface area contributed by atoms with Gasteiger partial charge < -0.3 is 4.74 Å². The quantitative estimate of drug-likeness (QED) is 0.476. The van der Waals surface area contributed by atoms with Crippen LogP contribution in [0.15, 0.2) is 23.1 Å². The number of nitrogens with zero attached hydrogens (tertiary/aromatic N) is 1. The first kappa shape index (κ1) is 13.0. The molecule has 6 heteroatoms. The molecule has 1 aromatic rings. The molecule has 1 heterocycles. The molecule has 0 atom stereocenters. The molecule has 0 aliphatic carbocycles. The first-order chi connectivity index (χ1) is 8.70. The number of benzene rings is 1. The lowest BCUT2D eigenvalue weighted by molar-refractivity contribution is -0.385. The monoisotopic (exact) mass is 267 g/mol. The Hall–Kier alpha value is -1.40. The highest BCUT2D eigenvalue weighted by atomic mass is 32.2. The summed E-state index contributed by atoms with van der Waals surface area (Å²) in [5, 5.41) is 11.2. The van der Waals surface area contributed by atoms with Gasteiger partial charge in [0.25, 0.3) is 5.69 Å². The number of hydrogen-bond acceptors (Lipinski definition) is 5. The van der Waals surface area contributed by atoms with E-state index >= 15 is 0 Å². The molecule has 2 rings (SSSR count). The molecule has 0 bridgehead atoms. The van der Waals surface area contributed by atoms with E-state index in [1.54, 1.807) is 23.9 Å². The molecule has 0 unspecified atom stereocenters. The Morgan fingerprint density at radius 2 is 2.11 bits per heavy atom. The number of ether oxygens (including phenoxy) is 1. The lowest BCUT2D eigenvalue weighted by atomic mass is 10.2. The fourth-order valence-corrected chi connectivity index (χ4v) is 3.01. The Morgan fingerprint density at radius 3 is 2.72 bits per heavy atom. The van der Waals surface area contributed by atoms with Crippen molar-refractivity contribution in [3.63, 3.8) is 0 Å². The first-order valence-corrected chi connectivity index (χ1v) is 6.56. The molecule has 0 aromatic heterocycles. The van der Waals surface area contributed by atoms with Crippen LogP contribution in [0.3, 0.4) is 0 Å². The van der Waals surface area contributed by atoms with E-state index < -0.39 is 4.92 Å². The summed E-state index contributed by atoms with van der Waals surface area (Å²) in [6.07, 6.45) is 2.47. The van der Waals surface area contributed by atoms with Crippen molar-refractivity contribution in [3.8, 4) is 0 Å². The SMILES string of the molecule is O=Cc1cc(SC2CCOCC2)ccc1[N+](=O)[O-]. The summed E-state index contributed by atoms with van der Waals surface area (Å²) in [4.78, 5) is 21.9. The van der Waals surface area contributed by atoms with Crippen LogP contribution >= 0.6 is 11.8 Å². The van der Waals surface area contributed by atoms with Gasteiger partial charge in [-0.05, 0) is 25.0 Å². The van der Waals surface area contributed by atoms with Gasteiger partial charge in [0, 0.05) is 29.4 Å². The third-order valence-corrected chi connectivity index (χ3v) is 4.12. The van der Waals surface area contributed by atoms with Gasteiger partial charge in [-0.25, -0.2) is 0 Å². The average molecular weight is 267 g/mol. The first-order valence-electron chi connectivity index (χ1n) is 5.68. The zero-order valence-corrected chi connectivity index (χ0v) is 10.5. The fourth-order valence-electron chi connectivity index (χ4n) is 1.85. The van der Waals surface area contributed by atoms with Crippen molar-refractivity contribution >= 4 is 23.7 Å². The van der Waals surface area contributed by atoms with E-state index in [1.165, 1.54) is 6.07 Å². The van der Waals surface area contributed by atoms with Gasteiger partial charge in [0.1, 0.15) is 0 Å². The van der Waals surface area contributed by atoms with Crippen LogP contribution in [0.25, 0.3) is 0 Å². The second kappa shape index (κ2) is 5.97. The molecule has 0 radical (unpaired) electrons. The van der Waals surface area contributed by atoms with Crippen molar-refractivity contribution in [1.29, 1.82) is 0 Å². The molecule has 1 aromatic carbocycles. The van der Waals surface area contributed by atoms with Crippen molar-refractivity contribution in [2.24, 2.45) is 0 Å². The van der Waals surface area contributed by atoms with Crippen LogP contribution in [0, 0.1) is 10.1 Å². The Labute approximate surface area is 109 Å². The molecule has 0 saturated carbocycles. The maximum atomic E-state index is 10.8. The highest BCUT2D eigenvalue weighted by Gasteiger charge is 2.18. The lowest BCUT2D eigenvalue weighted by Gasteiger charge is -2.21. The molecule has 1 saturated heterocycles.